The Labute approximate surface area is 229 Å². The normalized spacial score (nSPS) is 18.4. The fourth-order valence-electron chi connectivity index (χ4n) is 5.35. The summed E-state index contributed by atoms with van der Waals surface area (Å²) in [6, 6.07) is 17.2. The van der Waals surface area contributed by atoms with Crippen LogP contribution in [-0.4, -0.2) is 37.6 Å². The number of allylic oxidation sites excluding steroid dienone is 3. The molecule has 0 spiro atoms. The molecule has 2 N–H and O–H groups in total. The van der Waals surface area contributed by atoms with E-state index in [1.807, 2.05) is 42.2 Å². The zero-order valence-electron chi connectivity index (χ0n) is 22.9. The predicted octanol–water partition coefficient (Wildman–Crippen LogP) is 4.92. The smallest absolute Gasteiger partial charge is 0.162 e. The van der Waals surface area contributed by atoms with Gasteiger partial charge in [-0.2, -0.15) is 10.5 Å². The standard InChI is InChI=1S/C31H34N4O4/c1-5-38-27-14-20(10-11-26(27)39-19-22-9-7-6-8-21(22)17-32)28-23(18-33)30(34)35(12-13-37-4)24-15-31(2,3)16-25(36)29(24)28/h6-11,14,28H,5,12-13,15-16,19,34H2,1-4H3/t28-/m0/s1. The van der Waals surface area contributed by atoms with Gasteiger partial charge < -0.3 is 24.8 Å². The fraction of sp³-hybridized carbons (Fsp3) is 0.387. The van der Waals surface area contributed by atoms with E-state index in [0.29, 0.717) is 66.6 Å². The largest absolute Gasteiger partial charge is 0.490 e. The molecule has 39 heavy (non-hydrogen) atoms. The Morgan fingerprint density at radius 3 is 2.54 bits per heavy atom. The lowest BCUT2D eigenvalue weighted by Crippen LogP contribution is -2.43. The van der Waals surface area contributed by atoms with Crippen molar-refractivity contribution in [3.05, 3.63) is 81.8 Å². The zero-order chi connectivity index (χ0) is 28.2. The van der Waals surface area contributed by atoms with Crippen molar-refractivity contribution in [2.24, 2.45) is 11.1 Å². The number of hydrogen-bond donors (Lipinski definition) is 1. The van der Waals surface area contributed by atoms with E-state index in [1.165, 1.54) is 0 Å². The molecule has 2 aromatic rings. The minimum Gasteiger partial charge on any atom is -0.490 e. The van der Waals surface area contributed by atoms with Crippen LogP contribution in [-0.2, 0) is 16.1 Å². The lowest BCUT2D eigenvalue weighted by Gasteiger charge is -2.43. The first kappa shape index (κ1) is 27.8. The number of methoxy groups -OCH3 is 1. The Kier molecular flexibility index (Phi) is 8.28. The second-order valence-electron chi connectivity index (χ2n) is 10.5. The Bertz CT molecular complexity index is 1410. The summed E-state index contributed by atoms with van der Waals surface area (Å²) < 4.78 is 17.3. The lowest BCUT2D eigenvalue weighted by atomic mass is 9.68. The quantitative estimate of drug-likeness (QED) is 0.489. The zero-order valence-corrected chi connectivity index (χ0v) is 22.9. The highest BCUT2D eigenvalue weighted by Crippen LogP contribution is 2.49. The molecule has 2 aliphatic rings. The van der Waals surface area contributed by atoms with Crippen molar-refractivity contribution in [1.29, 1.82) is 10.5 Å². The van der Waals surface area contributed by atoms with Gasteiger partial charge in [-0.3, -0.25) is 4.79 Å². The number of hydrogen-bond acceptors (Lipinski definition) is 8. The highest BCUT2D eigenvalue weighted by molar-refractivity contribution is 6.00. The van der Waals surface area contributed by atoms with Crippen LogP contribution in [0.4, 0.5) is 0 Å². The summed E-state index contributed by atoms with van der Waals surface area (Å²) in [6.07, 6.45) is 1.04. The molecule has 0 radical (unpaired) electrons. The van der Waals surface area contributed by atoms with Crippen LogP contribution in [0, 0.1) is 28.1 Å². The summed E-state index contributed by atoms with van der Waals surface area (Å²) in [5.74, 6) is 0.745. The Morgan fingerprint density at radius 2 is 1.85 bits per heavy atom. The van der Waals surface area contributed by atoms with Gasteiger partial charge in [-0.15, -0.1) is 0 Å². The molecule has 8 nitrogen and oxygen atoms in total. The van der Waals surface area contributed by atoms with Gasteiger partial charge in [0, 0.05) is 36.9 Å². The van der Waals surface area contributed by atoms with E-state index in [9.17, 15) is 15.3 Å². The maximum atomic E-state index is 13.6. The summed E-state index contributed by atoms with van der Waals surface area (Å²) in [5, 5.41) is 19.6. The molecule has 1 heterocycles. The van der Waals surface area contributed by atoms with E-state index in [2.05, 4.69) is 26.0 Å². The molecule has 0 saturated heterocycles. The average molecular weight is 527 g/mol. The van der Waals surface area contributed by atoms with Crippen LogP contribution >= 0.6 is 0 Å². The first-order chi connectivity index (χ1) is 18.7. The molecule has 4 rings (SSSR count). The minimum atomic E-state index is -0.611. The van der Waals surface area contributed by atoms with Crippen molar-refractivity contribution >= 4 is 5.78 Å². The van der Waals surface area contributed by atoms with Crippen LogP contribution < -0.4 is 15.2 Å². The number of nitriles is 2. The molecule has 1 aliphatic heterocycles. The minimum absolute atomic E-state index is 0.0142. The number of carbonyl (C=O) groups excluding carboxylic acids is 1. The lowest BCUT2D eigenvalue weighted by molar-refractivity contribution is -0.118. The molecule has 1 atom stereocenters. The molecule has 8 heteroatoms. The van der Waals surface area contributed by atoms with Crippen molar-refractivity contribution in [3.8, 4) is 23.6 Å². The van der Waals surface area contributed by atoms with Crippen LogP contribution in [0.5, 0.6) is 11.5 Å². The number of ether oxygens (including phenoxy) is 3. The topological polar surface area (TPSA) is 122 Å². The number of nitrogens with two attached hydrogens (primary N) is 1. The molecular weight excluding hydrogens is 492 g/mol. The van der Waals surface area contributed by atoms with Crippen LogP contribution in [0.2, 0.25) is 0 Å². The third kappa shape index (κ3) is 5.62. The van der Waals surface area contributed by atoms with Crippen molar-refractivity contribution in [2.75, 3.05) is 26.9 Å². The highest BCUT2D eigenvalue weighted by atomic mass is 16.5. The first-order valence-electron chi connectivity index (χ1n) is 13.0. The van der Waals surface area contributed by atoms with E-state index in [0.717, 1.165) is 16.8 Å². The molecule has 202 valence electrons. The van der Waals surface area contributed by atoms with Crippen molar-refractivity contribution in [1.82, 2.24) is 4.90 Å². The summed E-state index contributed by atoms with van der Waals surface area (Å²) in [6.45, 7) is 7.47. The number of nitrogens with zero attached hydrogens (tertiary/aromatic N) is 3. The van der Waals surface area contributed by atoms with Gasteiger partial charge in [-0.1, -0.05) is 38.1 Å². The Morgan fingerprint density at radius 1 is 1.08 bits per heavy atom. The molecule has 0 fully saturated rings. The van der Waals surface area contributed by atoms with Gasteiger partial charge >= 0.3 is 0 Å². The maximum absolute atomic E-state index is 13.6. The van der Waals surface area contributed by atoms with Crippen LogP contribution in [0.1, 0.15) is 56.2 Å². The average Bonchev–Trinajstić information content (AvgIpc) is 2.91. The molecular formula is C31H34N4O4. The first-order valence-corrected chi connectivity index (χ1v) is 13.0. The molecule has 0 saturated carbocycles. The number of carbonyl (C=O) groups is 1. The van der Waals surface area contributed by atoms with Crippen LogP contribution in [0.3, 0.4) is 0 Å². The molecule has 0 amide bonds. The van der Waals surface area contributed by atoms with Crippen molar-refractivity contribution in [2.45, 2.75) is 46.1 Å². The Hall–Kier alpha value is -4.27. The fourth-order valence-corrected chi connectivity index (χ4v) is 5.35. The highest BCUT2D eigenvalue weighted by Gasteiger charge is 2.44. The number of ketones is 1. The number of benzene rings is 2. The van der Waals surface area contributed by atoms with Crippen molar-refractivity contribution in [3.63, 3.8) is 0 Å². The SMILES string of the molecule is CCOc1cc([C@H]2C(C#N)=C(N)N(CCOC)C3=C2C(=O)CC(C)(C)C3)ccc1OCc1ccccc1C#N. The maximum Gasteiger partial charge on any atom is 0.162 e. The van der Waals surface area contributed by atoms with Gasteiger partial charge in [0.15, 0.2) is 17.3 Å². The number of Topliss-reactive ketones (excluding diaryl/α,β-unsaturated/α-hetero) is 1. The summed E-state index contributed by atoms with van der Waals surface area (Å²) >= 11 is 0. The second-order valence-corrected chi connectivity index (χ2v) is 10.5. The van der Waals surface area contributed by atoms with E-state index in [1.54, 1.807) is 19.2 Å². The summed E-state index contributed by atoms with van der Waals surface area (Å²) in [4.78, 5) is 15.5. The third-order valence-corrected chi connectivity index (χ3v) is 7.13. The Balaban J connectivity index is 1.78. The van der Waals surface area contributed by atoms with E-state index < -0.39 is 5.92 Å². The van der Waals surface area contributed by atoms with E-state index >= 15 is 0 Å². The second kappa shape index (κ2) is 11.6. The molecule has 2 aromatic carbocycles. The van der Waals surface area contributed by atoms with Gasteiger partial charge in [0.2, 0.25) is 0 Å². The van der Waals surface area contributed by atoms with Gasteiger partial charge in [0.05, 0.1) is 42.4 Å². The molecule has 1 aliphatic carbocycles. The molecule has 0 bridgehead atoms. The van der Waals surface area contributed by atoms with Gasteiger partial charge in [0.25, 0.3) is 0 Å². The molecule has 0 aromatic heterocycles. The van der Waals surface area contributed by atoms with E-state index in [-0.39, 0.29) is 17.8 Å². The van der Waals surface area contributed by atoms with Crippen LogP contribution in [0.15, 0.2) is 65.1 Å². The summed E-state index contributed by atoms with van der Waals surface area (Å²) in [5.41, 5.74) is 10.2. The molecule has 0 unspecified atom stereocenters. The van der Waals surface area contributed by atoms with Crippen LogP contribution in [0.25, 0.3) is 0 Å². The van der Waals surface area contributed by atoms with Gasteiger partial charge in [-0.05, 0) is 42.5 Å². The number of rotatable bonds is 9. The third-order valence-electron chi connectivity index (χ3n) is 7.13. The monoisotopic (exact) mass is 526 g/mol. The predicted molar refractivity (Wildman–Crippen MR) is 146 cm³/mol. The van der Waals surface area contributed by atoms with Gasteiger partial charge in [-0.25, -0.2) is 0 Å². The van der Waals surface area contributed by atoms with E-state index in [4.69, 9.17) is 19.9 Å². The summed E-state index contributed by atoms with van der Waals surface area (Å²) in [7, 11) is 1.61. The van der Waals surface area contributed by atoms with Crippen molar-refractivity contribution < 1.29 is 19.0 Å². The van der Waals surface area contributed by atoms with Gasteiger partial charge in [0.1, 0.15) is 12.4 Å².